The summed E-state index contributed by atoms with van der Waals surface area (Å²) in [6.45, 7) is 3.40. The molecule has 0 atom stereocenters. The molecule has 1 aliphatic rings. The summed E-state index contributed by atoms with van der Waals surface area (Å²) < 4.78 is 0. The Labute approximate surface area is 123 Å². The highest BCUT2D eigenvalue weighted by molar-refractivity contribution is 5.90. The van der Waals surface area contributed by atoms with Crippen molar-refractivity contribution in [3.8, 4) is 0 Å². The van der Waals surface area contributed by atoms with Crippen LogP contribution in [0.25, 0.3) is 10.9 Å². The van der Waals surface area contributed by atoms with Gasteiger partial charge in [-0.05, 0) is 12.5 Å². The summed E-state index contributed by atoms with van der Waals surface area (Å²) in [5.41, 5.74) is 1.97. The molecule has 110 valence electrons. The third-order valence-electron chi connectivity index (χ3n) is 3.81. The van der Waals surface area contributed by atoms with E-state index in [0.717, 1.165) is 49.2 Å². The van der Waals surface area contributed by atoms with E-state index in [1.54, 1.807) is 6.20 Å². The molecular weight excluding hydrogens is 268 g/mol. The van der Waals surface area contributed by atoms with E-state index < -0.39 is 5.97 Å². The summed E-state index contributed by atoms with van der Waals surface area (Å²) in [4.78, 5) is 15.1. The zero-order chi connectivity index (χ0) is 14.7. The Morgan fingerprint density at radius 3 is 2.90 bits per heavy atom. The molecule has 6 heteroatoms. The van der Waals surface area contributed by atoms with Gasteiger partial charge in [0.05, 0.1) is 23.9 Å². The Hall–Kier alpha value is -2.21. The third kappa shape index (κ3) is 3.11. The van der Waals surface area contributed by atoms with Crippen LogP contribution in [0.3, 0.4) is 0 Å². The second-order valence-electron chi connectivity index (χ2n) is 5.26. The van der Waals surface area contributed by atoms with E-state index in [1.165, 1.54) is 0 Å². The average molecular weight is 286 g/mol. The molecular formula is C15H18N4O2. The Morgan fingerprint density at radius 2 is 2.05 bits per heavy atom. The molecule has 0 bridgehead atoms. The zero-order valence-electron chi connectivity index (χ0n) is 11.8. The fraction of sp³-hybridized carbons (Fsp3) is 0.400. The highest BCUT2D eigenvalue weighted by Gasteiger charge is 2.18. The molecule has 1 saturated heterocycles. The number of carboxylic acid groups (broad SMARTS) is 1. The van der Waals surface area contributed by atoms with Crippen LogP contribution in [-0.2, 0) is 4.79 Å². The molecule has 0 amide bonds. The molecule has 1 fully saturated rings. The van der Waals surface area contributed by atoms with E-state index in [4.69, 9.17) is 5.11 Å². The van der Waals surface area contributed by atoms with Gasteiger partial charge in [0.25, 0.3) is 0 Å². The summed E-state index contributed by atoms with van der Waals surface area (Å²) in [5.74, 6) is -0.764. The molecule has 1 aromatic carbocycles. The standard InChI is InChI=1S/C15H18N4O2/c20-15(21)11-18-6-3-7-19(9-8-18)14-10-16-17-13-5-2-1-4-12(13)14/h1-2,4-5,10H,3,6-9,11H2,(H,20,21). The second-order valence-corrected chi connectivity index (χ2v) is 5.26. The molecule has 1 N–H and O–H groups in total. The minimum atomic E-state index is -0.764. The van der Waals surface area contributed by atoms with Crippen molar-refractivity contribution in [3.63, 3.8) is 0 Å². The molecule has 0 radical (unpaired) electrons. The topological polar surface area (TPSA) is 69.6 Å². The van der Waals surface area contributed by atoms with Crippen molar-refractivity contribution in [1.82, 2.24) is 15.1 Å². The Bertz CT molecular complexity index is 641. The van der Waals surface area contributed by atoms with Gasteiger partial charge >= 0.3 is 5.97 Å². The van der Waals surface area contributed by atoms with E-state index in [9.17, 15) is 4.79 Å². The van der Waals surface area contributed by atoms with Gasteiger partial charge in [-0.1, -0.05) is 18.2 Å². The third-order valence-corrected chi connectivity index (χ3v) is 3.81. The average Bonchev–Trinajstić information content (AvgIpc) is 2.71. The SMILES string of the molecule is O=C(O)CN1CCCN(c2cnnc3ccccc23)CC1. The zero-order valence-corrected chi connectivity index (χ0v) is 11.8. The lowest BCUT2D eigenvalue weighted by Gasteiger charge is -2.23. The molecule has 2 aromatic rings. The predicted octanol–water partition coefficient (Wildman–Crippen LogP) is 1.23. The molecule has 2 heterocycles. The number of nitrogens with zero attached hydrogens (tertiary/aromatic N) is 4. The van der Waals surface area contributed by atoms with E-state index in [0.29, 0.717) is 0 Å². The smallest absolute Gasteiger partial charge is 0.317 e. The molecule has 1 aromatic heterocycles. The Balaban J connectivity index is 1.81. The number of aliphatic carboxylic acids is 1. The molecule has 0 saturated carbocycles. The van der Waals surface area contributed by atoms with E-state index in [1.807, 2.05) is 23.1 Å². The highest BCUT2D eigenvalue weighted by atomic mass is 16.4. The van der Waals surface area contributed by atoms with Crippen molar-refractivity contribution >= 4 is 22.6 Å². The van der Waals surface area contributed by atoms with Gasteiger partial charge in [0.15, 0.2) is 0 Å². The first kappa shape index (κ1) is 13.8. The number of hydrogen-bond acceptors (Lipinski definition) is 5. The number of fused-ring (bicyclic) bond motifs is 1. The maximum Gasteiger partial charge on any atom is 0.317 e. The molecule has 0 spiro atoms. The van der Waals surface area contributed by atoms with Gasteiger partial charge in [-0.2, -0.15) is 10.2 Å². The van der Waals surface area contributed by atoms with Gasteiger partial charge in [0.2, 0.25) is 0 Å². The summed E-state index contributed by atoms with van der Waals surface area (Å²) in [6.07, 6.45) is 2.75. The minimum Gasteiger partial charge on any atom is -0.480 e. The van der Waals surface area contributed by atoms with E-state index in [-0.39, 0.29) is 6.54 Å². The van der Waals surface area contributed by atoms with Gasteiger partial charge in [0.1, 0.15) is 0 Å². The first-order valence-electron chi connectivity index (χ1n) is 7.13. The highest BCUT2D eigenvalue weighted by Crippen LogP contribution is 2.24. The summed E-state index contributed by atoms with van der Waals surface area (Å²) in [6, 6.07) is 7.97. The first-order chi connectivity index (χ1) is 10.2. The molecule has 6 nitrogen and oxygen atoms in total. The number of carbonyl (C=O) groups is 1. The lowest BCUT2D eigenvalue weighted by atomic mass is 10.2. The van der Waals surface area contributed by atoms with Crippen LogP contribution in [0.4, 0.5) is 5.69 Å². The van der Waals surface area contributed by atoms with Crippen molar-refractivity contribution in [2.45, 2.75) is 6.42 Å². The molecule has 1 aliphatic heterocycles. The predicted molar refractivity (Wildman–Crippen MR) is 80.4 cm³/mol. The fourth-order valence-corrected chi connectivity index (χ4v) is 2.81. The van der Waals surface area contributed by atoms with E-state index >= 15 is 0 Å². The molecule has 21 heavy (non-hydrogen) atoms. The Morgan fingerprint density at radius 1 is 1.19 bits per heavy atom. The summed E-state index contributed by atoms with van der Waals surface area (Å²) >= 11 is 0. The minimum absolute atomic E-state index is 0.114. The van der Waals surface area contributed by atoms with Crippen LogP contribution in [0, 0.1) is 0 Å². The largest absolute Gasteiger partial charge is 0.480 e. The maximum absolute atomic E-state index is 10.8. The number of rotatable bonds is 3. The Kier molecular flexibility index (Phi) is 3.96. The summed E-state index contributed by atoms with van der Waals surface area (Å²) in [7, 11) is 0. The van der Waals surface area contributed by atoms with Gasteiger partial charge in [0, 0.05) is 31.6 Å². The van der Waals surface area contributed by atoms with Crippen LogP contribution in [-0.4, -0.2) is 58.9 Å². The van der Waals surface area contributed by atoms with Crippen molar-refractivity contribution in [1.29, 1.82) is 0 Å². The van der Waals surface area contributed by atoms with Crippen molar-refractivity contribution in [2.75, 3.05) is 37.6 Å². The second kappa shape index (κ2) is 6.05. The molecule has 0 aliphatic carbocycles. The van der Waals surface area contributed by atoms with E-state index in [2.05, 4.69) is 21.2 Å². The normalized spacial score (nSPS) is 16.9. The van der Waals surface area contributed by atoms with Crippen LogP contribution in [0.2, 0.25) is 0 Å². The van der Waals surface area contributed by atoms with Crippen LogP contribution in [0.1, 0.15) is 6.42 Å². The van der Waals surface area contributed by atoms with Crippen molar-refractivity contribution in [3.05, 3.63) is 30.5 Å². The quantitative estimate of drug-likeness (QED) is 0.915. The number of aromatic nitrogens is 2. The number of benzene rings is 1. The lowest BCUT2D eigenvalue weighted by molar-refractivity contribution is -0.138. The monoisotopic (exact) mass is 286 g/mol. The lowest BCUT2D eigenvalue weighted by Crippen LogP contribution is -2.34. The van der Waals surface area contributed by atoms with Crippen molar-refractivity contribution in [2.24, 2.45) is 0 Å². The number of hydrogen-bond donors (Lipinski definition) is 1. The molecule has 3 rings (SSSR count). The van der Waals surface area contributed by atoms with Crippen LogP contribution < -0.4 is 4.90 Å². The number of anilines is 1. The maximum atomic E-state index is 10.8. The van der Waals surface area contributed by atoms with Gasteiger partial charge in [-0.15, -0.1) is 0 Å². The van der Waals surface area contributed by atoms with Gasteiger partial charge in [-0.3, -0.25) is 9.69 Å². The summed E-state index contributed by atoms with van der Waals surface area (Å²) in [5, 5.41) is 18.2. The molecule has 0 unspecified atom stereocenters. The fourth-order valence-electron chi connectivity index (χ4n) is 2.81. The van der Waals surface area contributed by atoms with Crippen molar-refractivity contribution < 1.29 is 9.90 Å². The van der Waals surface area contributed by atoms with Gasteiger partial charge in [-0.25, -0.2) is 0 Å². The van der Waals surface area contributed by atoms with Crippen LogP contribution >= 0.6 is 0 Å². The van der Waals surface area contributed by atoms with Gasteiger partial charge < -0.3 is 10.0 Å². The number of carboxylic acids is 1. The van der Waals surface area contributed by atoms with Crippen LogP contribution in [0.5, 0.6) is 0 Å². The first-order valence-corrected chi connectivity index (χ1v) is 7.13. The van der Waals surface area contributed by atoms with Crippen LogP contribution in [0.15, 0.2) is 30.5 Å².